The van der Waals surface area contributed by atoms with Gasteiger partial charge in [0, 0.05) is 25.3 Å². The van der Waals surface area contributed by atoms with Gasteiger partial charge in [0.25, 0.3) is 5.91 Å². The Kier molecular flexibility index (Phi) is 4.21. The summed E-state index contributed by atoms with van der Waals surface area (Å²) in [6.07, 6.45) is 10.0. The first-order valence-electron chi connectivity index (χ1n) is 7.68. The molecular formula is C16H23N3O. The van der Waals surface area contributed by atoms with Crippen molar-refractivity contribution in [2.75, 3.05) is 19.6 Å². The summed E-state index contributed by atoms with van der Waals surface area (Å²) < 4.78 is 2.14. The van der Waals surface area contributed by atoms with E-state index < -0.39 is 0 Å². The van der Waals surface area contributed by atoms with Gasteiger partial charge in [0.15, 0.2) is 0 Å². The highest BCUT2D eigenvalue weighted by molar-refractivity contribution is 5.92. The van der Waals surface area contributed by atoms with Gasteiger partial charge in [0.05, 0.1) is 0 Å². The van der Waals surface area contributed by atoms with Crippen molar-refractivity contribution in [2.45, 2.75) is 38.1 Å². The fourth-order valence-electron chi connectivity index (χ4n) is 2.89. The van der Waals surface area contributed by atoms with Crippen molar-refractivity contribution in [3.05, 3.63) is 35.7 Å². The summed E-state index contributed by atoms with van der Waals surface area (Å²) in [4.78, 5) is 12.2. The second-order valence-electron chi connectivity index (χ2n) is 5.71. The number of carbonyl (C=O) groups is 1. The molecule has 1 aliphatic carbocycles. The molecule has 2 aliphatic rings. The quantitative estimate of drug-likeness (QED) is 0.808. The molecular weight excluding hydrogens is 250 g/mol. The molecule has 1 amide bonds. The van der Waals surface area contributed by atoms with Gasteiger partial charge in [0.2, 0.25) is 0 Å². The molecule has 0 radical (unpaired) electrons. The maximum Gasteiger partial charge on any atom is 0.267 e. The Balaban J connectivity index is 1.51. The number of rotatable bonds is 5. The molecule has 1 aromatic heterocycles. The van der Waals surface area contributed by atoms with E-state index in [-0.39, 0.29) is 5.91 Å². The summed E-state index contributed by atoms with van der Waals surface area (Å²) in [5, 5.41) is 6.36. The lowest BCUT2D eigenvalue weighted by atomic mass is 9.93. The summed E-state index contributed by atoms with van der Waals surface area (Å²) in [7, 11) is 0. The molecule has 0 atom stereocenters. The standard InChI is InChI=1S/C16H23N3O/c20-16(18-11-8-13-6-9-17-10-7-13)15-5-2-12-19(15)14-3-1-4-14/h2,5-6,12,14,17H,1,3-4,7-11H2,(H,18,20). The van der Waals surface area contributed by atoms with E-state index in [9.17, 15) is 4.79 Å². The van der Waals surface area contributed by atoms with Gasteiger partial charge in [-0.1, -0.05) is 11.6 Å². The Morgan fingerprint density at radius 2 is 2.35 bits per heavy atom. The number of aromatic nitrogens is 1. The second kappa shape index (κ2) is 6.27. The van der Waals surface area contributed by atoms with Crippen LogP contribution >= 0.6 is 0 Å². The van der Waals surface area contributed by atoms with Crippen LogP contribution in [0.5, 0.6) is 0 Å². The molecule has 0 bridgehead atoms. The predicted molar refractivity (Wildman–Crippen MR) is 79.8 cm³/mol. The Labute approximate surface area is 120 Å². The van der Waals surface area contributed by atoms with Crippen molar-refractivity contribution in [3.63, 3.8) is 0 Å². The lowest BCUT2D eigenvalue weighted by Gasteiger charge is -2.28. The molecule has 108 valence electrons. The Morgan fingerprint density at radius 1 is 1.45 bits per heavy atom. The zero-order valence-corrected chi connectivity index (χ0v) is 11.9. The van der Waals surface area contributed by atoms with Crippen LogP contribution < -0.4 is 10.6 Å². The number of nitrogens with zero attached hydrogens (tertiary/aromatic N) is 1. The minimum Gasteiger partial charge on any atom is -0.350 e. The lowest BCUT2D eigenvalue weighted by Crippen LogP contribution is -2.30. The van der Waals surface area contributed by atoms with E-state index >= 15 is 0 Å². The predicted octanol–water partition coefficient (Wildman–Crippen LogP) is 2.25. The average Bonchev–Trinajstić information content (AvgIpc) is 2.87. The third-order valence-corrected chi connectivity index (χ3v) is 4.37. The van der Waals surface area contributed by atoms with Crippen molar-refractivity contribution in [3.8, 4) is 0 Å². The molecule has 0 saturated heterocycles. The van der Waals surface area contributed by atoms with Crippen LogP contribution in [0.1, 0.15) is 48.6 Å². The molecule has 0 aromatic carbocycles. The molecule has 1 saturated carbocycles. The van der Waals surface area contributed by atoms with Crippen molar-refractivity contribution in [1.82, 2.24) is 15.2 Å². The third kappa shape index (κ3) is 2.96. The third-order valence-electron chi connectivity index (χ3n) is 4.37. The fraction of sp³-hybridized carbons (Fsp3) is 0.562. The molecule has 3 rings (SSSR count). The summed E-state index contributed by atoms with van der Waals surface area (Å²) in [6, 6.07) is 4.44. The van der Waals surface area contributed by atoms with Crippen LogP contribution in [-0.4, -0.2) is 30.1 Å². The SMILES string of the molecule is O=C(NCCC1=CCNCC1)c1cccn1C1CCC1. The maximum absolute atomic E-state index is 12.2. The monoisotopic (exact) mass is 273 g/mol. The van der Waals surface area contributed by atoms with Gasteiger partial charge < -0.3 is 15.2 Å². The summed E-state index contributed by atoms with van der Waals surface area (Å²) in [6.45, 7) is 2.76. The largest absolute Gasteiger partial charge is 0.350 e. The zero-order chi connectivity index (χ0) is 13.8. The summed E-state index contributed by atoms with van der Waals surface area (Å²) >= 11 is 0. The number of hydrogen-bond donors (Lipinski definition) is 2. The van der Waals surface area contributed by atoms with Crippen molar-refractivity contribution in [2.24, 2.45) is 0 Å². The maximum atomic E-state index is 12.2. The molecule has 4 heteroatoms. The van der Waals surface area contributed by atoms with Gasteiger partial charge in [-0.15, -0.1) is 0 Å². The second-order valence-corrected chi connectivity index (χ2v) is 5.71. The van der Waals surface area contributed by atoms with E-state index in [0.29, 0.717) is 6.04 Å². The topological polar surface area (TPSA) is 46.1 Å². The molecule has 2 heterocycles. The Morgan fingerprint density at radius 3 is 3.05 bits per heavy atom. The highest BCUT2D eigenvalue weighted by Crippen LogP contribution is 2.32. The Bertz CT molecular complexity index is 500. The van der Waals surface area contributed by atoms with E-state index in [1.54, 1.807) is 0 Å². The first-order chi connectivity index (χ1) is 9.84. The minimum atomic E-state index is 0.0661. The van der Waals surface area contributed by atoms with Gasteiger partial charge in [-0.05, 0) is 50.8 Å². The number of nitrogens with one attached hydrogen (secondary N) is 2. The lowest BCUT2D eigenvalue weighted by molar-refractivity contribution is 0.0939. The summed E-state index contributed by atoms with van der Waals surface area (Å²) in [5.41, 5.74) is 2.27. The van der Waals surface area contributed by atoms with Gasteiger partial charge in [-0.2, -0.15) is 0 Å². The molecule has 0 spiro atoms. The summed E-state index contributed by atoms with van der Waals surface area (Å²) in [5.74, 6) is 0.0661. The molecule has 0 unspecified atom stereocenters. The average molecular weight is 273 g/mol. The highest BCUT2D eigenvalue weighted by Gasteiger charge is 2.22. The van der Waals surface area contributed by atoms with Gasteiger partial charge in [0.1, 0.15) is 5.69 Å². The first-order valence-corrected chi connectivity index (χ1v) is 7.68. The van der Waals surface area contributed by atoms with Gasteiger partial charge >= 0.3 is 0 Å². The van der Waals surface area contributed by atoms with E-state index in [1.165, 1.54) is 24.8 Å². The zero-order valence-electron chi connectivity index (χ0n) is 11.9. The Hall–Kier alpha value is -1.55. The van der Waals surface area contributed by atoms with Crippen LogP contribution in [0.15, 0.2) is 30.0 Å². The van der Waals surface area contributed by atoms with Crippen molar-refractivity contribution < 1.29 is 4.79 Å². The van der Waals surface area contributed by atoms with Crippen LogP contribution in [-0.2, 0) is 0 Å². The van der Waals surface area contributed by atoms with Gasteiger partial charge in [-0.25, -0.2) is 0 Å². The van der Waals surface area contributed by atoms with Crippen LogP contribution in [0.3, 0.4) is 0 Å². The molecule has 2 N–H and O–H groups in total. The molecule has 1 aromatic rings. The van der Waals surface area contributed by atoms with Crippen LogP contribution in [0.4, 0.5) is 0 Å². The minimum absolute atomic E-state index is 0.0661. The van der Waals surface area contributed by atoms with E-state index in [0.717, 1.165) is 38.2 Å². The van der Waals surface area contributed by atoms with Crippen molar-refractivity contribution >= 4 is 5.91 Å². The van der Waals surface area contributed by atoms with Crippen LogP contribution in [0.25, 0.3) is 0 Å². The van der Waals surface area contributed by atoms with Crippen LogP contribution in [0.2, 0.25) is 0 Å². The van der Waals surface area contributed by atoms with E-state index in [4.69, 9.17) is 0 Å². The molecule has 4 nitrogen and oxygen atoms in total. The van der Waals surface area contributed by atoms with Gasteiger partial charge in [-0.3, -0.25) is 4.79 Å². The highest BCUT2D eigenvalue weighted by atomic mass is 16.1. The number of amides is 1. The number of hydrogen-bond acceptors (Lipinski definition) is 2. The fourth-order valence-corrected chi connectivity index (χ4v) is 2.89. The van der Waals surface area contributed by atoms with E-state index in [1.807, 2.05) is 18.3 Å². The molecule has 1 fully saturated rings. The smallest absolute Gasteiger partial charge is 0.267 e. The first kappa shape index (κ1) is 13.4. The normalized spacial score (nSPS) is 19.3. The molecule has 1 aliphatic heterocycles. The van der Waals surface area contributed by atoms with Crippen molar-refractivity contribution in [1.29, 1.82) is 0 Å². The van der Waals surface area contributed by atoms with E-state index in [2.05, 4.69) is 21.3 Å². The van der Waals surface area contributed by atoms with Crippen LogP contribution in [0, 0.1) is 0 Å². The number of carbonyl (C=O) groups excluding carboxylic acids is 1. The molecule has 20 heavy (non-hydrogen) atoms.